The monoisotopic (exact) mass is 736 g/mol. The Morgan fingerprint density at radius 2 is 0.759 bits per heavy atom. The van der Waals surface area contributed by atoms with Crippen LogP contribution in [0.2, 0.25) is 0 Å². The molecule has 2 heteroatoms. The van der Waals surface area contributed by atoms with Gasteiger partial charge in [0.25, 0.3) is 0 Å². The zero-order valence-corrected chi connectivity index (χ0v) is 31.3. The Bertz CT molecular complexity index is 3800. The summed E-state index contributed by atoms with van der Waals surface area (Å²) in [7, 11) is 0. The molecule has 0 saturated heterocycles. The summed E-state index contributed by atoms with van der Waals surface area (Å²) >= 11 is 0. The van der Waals surface area contributed by atoms with Gasteiger partial charge in [-0.1, -0.05) is 164 Å². The third-order valence-corrected chi connectivity index (χ3v) is 12.4. The average molecular weight is 737 g/mol. The van der Waals surface area contributed by atoms with Gasteiger partial charge in [-0.3, -0.25) is 0 Å². The predicted octanol–water partition coefficient (Wildman–Crippen LogP) is 16.3. The fourth-order valence-corrected chi connectivity index (χ4v) is 9.91. The van der Waals surface area contributed by atoms with Crippen LogP contribution in [-0.2, 0) is 0 Å². The van der Waals surface area contributed by atoms with Crippen molar-refractivity contribution in [2.75, 3.05) is 0 Å². The van der Waals surface area contributed by atoms with Crippen molar-refractivity contribution in [3.05, 3.63) is 194 Å². The molecule has 0 fully saturated rings. The van der Waals surface area contributed by atoms with Gasteiger partial charge in [0.15, 0.2) is 0 Å². The summed E-state index contributed by atoms with van der Waals surface area (Å²) in [6.07, 6.45) is 0. The Morgan fingerprint density at radius 1 is 0.241 bits per heavy atom. The first-order chi connectivity index (χ1) is 28.8. The van der Waals surface area contributed by atoms with E-state index in [1.165, 1.54) is 81.7 Å². The molecule has 0 atom stereocenters. The molecule has 0 aliphatic carbocycles. The van der Waals surface area contributed by atoms with E-state index < -0.39 is 0 Å². The Kier molecular flexibility index (Phi) is 6.47. The molecule has 2 heterocycles. The molecule has 2 aromatic heterocycles. The zero-order valence-electron chi connectivity index (χ0n) is 31.3. The maximum atomic E-state index is 6.74. The van der Waals surface area contributed by atoms with E-state index in [9.17, 15) is 0 Å². The quantitative estimate of drug-likeness (QED) is 0.169. The highest BCUT2D eigenvalue weighted by atomic mass is 16.3. The largest absolute Gasteiger partial charge is 0.456 e. The van der Waals surface area contributed by atoms with Crippen molar-refractivity contribution in [3.8, 4) is 33.4 Å². The van der Waals surface area contributed by atoms with Crippen molar-refractivity contribution in [1.82, 2.24) is 0 Å². The molecule has 11 aromatic carbocycles. The summed E-state index contributed by atoms with van der Waals surface area (Å²) in [6.45, 7) is 0. The lowest BCUT2D eigenvalue weighted by Gasteiger charge is -2.20. The summed E-state index contributed by atoms with van der Waals surface area (Å²) in [5.41, 5.74) is 10.7. The van der Waals surface area contributed by atoms with Crippen molar-refractivity contribution >= 4 is 97.7 Å². The van der Waals surface area contributed by atoms with Gasteiger partial charge in [0, 0.05) is 27.6 Å². The van der Waals surface area contributed by atoms with Crippen LogP contribution in [0.15, 0.2) is 203 Å². The van der Waals surface area contributed by atoms with Crippen LogP contribution in [0.5, 0.6) is 0 Å². The molecule has 0 unspecified atom stereocenters. The Balaban J connectivity index is 1.06. The van der Waals surface area contributed by atoms with Gasteiger partial charge in [0.1, 0.15) is 22.3 Å². The minimum absolute atomic E-state index is 0.829. The Labute approximate surface area is 332 Å². The van der Waals surface area contributed by atoms with Gasteiger partial charge in [-0.25, -0.2) is 0 Å². The first-order valence-electron chi connectivity index (χ1n) is 19.9. The third kappa shape index (κ3) is 4.43. The van der Waals surface area contributed by atoms with E-state index in [0.29, 0.717) is 0 Å². The van der Waals surface area contributed by atoms with Gasteiger partial charge in [0.2, 0.25) is 0 Å². The SMILES string of the molecule is c1ccc2cc(-c3c4ccccc4c(-c4ccc(-c5cc6oc7cc8oc9ccccc9c8cc7c6c6ccccc56)c5ccccc45)c4ccccc34)ccc2c1. The predicted molar refractivity (Wildman–Crippen MR) is 245 cm³/mol. The van der Waals surface area contributed by atoms with Crippen LogP contribution < -0.4 is 0 Å². The van der Waals surface area contributed by atoms with E-state index in [1.807, 2.05) is 12.1 Å². The van der Waals surface area contributed by atoms with Crippen LogP contribution in [0.25, 0.3) is 131 Å². The molecule has 0 radical (unpaired) electrons. The van der Waals surface area contributed by atoms with Crippen molar-refractivity contribution in [1.29, 1.82) is 0 Å². The van der Waals surface area contributed by atoms with E-state index in [0.717, 1.165) is 49.4 Å². The van der Waals surface area contributed by atoms with Crippen LogP contribution in [0.4, 0.5) is 0 Å². The molecule has 268 valence electrons. The number of fused-ring (bicyclic) bond motifs is 12. The van der Waals surface area contributed by atoms with Gasteiger partial charge in [-0.05, 0) is 112 Å². The number of furan rings is 2. The molecule has 0 aliphatic rings. The standard InChI is InChI=1S/C56H32O2/c1-2-14-34-29-35(26-25-33(34)13-1)54-42-20-7-9-22-44(42)55(45-23-10-8-21-43(45)54)46-28-27-39(36-15-3-4-16-37(36)46)47-31-53-56(41-19-6-5-17-38(41)47)49-30-48-40-18-11-12-24-50(40)57-51(48)32-52(49)58-53/h1-32H. The molecular formula is C56H32O2. The van der Waals surface area contributed by atoms with Crippen LogP contribution in [0.1, 0.15) is 0 Å². The summed E-state index contributed by atoms with van der Waals surface area (Å²) < 4.78 is 13.0. The van der Waals surface area contributed by atoms with E-state index in [1.54, 1.807) is 0 Å². The summed E-state index contributed by atoms with van der Waals surface area (Å²) in [5, 5.41) is 16.7. The molecule has 13 rings (SSSR count). The number of benzene rings is 11. The van der Waals surface area contributed by atoms with Gasteiger partial charge in [0.05, 0.1) is 0 Å². The highest BCUT2D eigenvalue weighted by Crippen LogP contribution is 2.48. The molecule has 0 saturated carbocycles. The Hall–Kier alpha value is -7.68. The summed E-state index contributed by atoms with van der Waals surface area (Å²) in [6, 6.07) is 70.5. The lowest BCUT2D eigenvalue weighted by molar-refractivity contribution is 0.656. The number of hydrogen-bond donors (Lipinski definition) is 0. The second-order valence-electron chi connectivity index (χ2n) is 15.5. The molecule has 58 heavy (non-hydrogen) atoms. The summed E-state index contributed by atoms with van der Waals surface area (Å²) in [4.78, 5) is 0. The normalized spacial score (nSPS) is 12.1. The van der Waals surface area contributed by atoms with Crippen LogP contribution in [-0.4, -0.2) is 0 Å². The molecule has 0 amide bonds. The van der Waals surface area contributed by atoms with E-state index in [4.69, 9.17) is 8.83 Å². The lowest BCUT2D eigenvalue weighted by atomic mass is 9.83. The number of hydrogen-bond acceptors (Lipinski definition) is 2. The topological polar surface area (TPSA) is 26.3 Å². The molecule has 0 N–H and O–H groups in total. The highest BCUT2D eigenvalue weighted by Gasteiger charge is 2.22. The zero-order chi connectivity index (χ0) is 37.9. The fourth-order valence-electron chi connectivity index (χ4n) is 9.91. The third-order valence-electron chi connectivity index (χ3n) is 12.4. The minimum atomic E-state index is 0.829. The van der Waals surface area contributed by atoms with E-state index in [-0.39, 0.29) is 0 Å². The van der Waals surface area contributed by atoms with Crippen molar-refractivity contribution in [2.24, 2.45) is 0 Å². The lowest BCUT2D eigenvalue weighted by Crippen LogP contribution is -1.93. The molecule has 0 spiro atoms. The first kappa shape index (κ1) is 31.5. The molecule has 2 nitrogen and oxygen atoms in total. The highest BCUT2D eigenvalue weighted by molar-refractivity contribution is 6.27. The van der Waals surface area contributed by atoms with Crippen LogP contribution in [0.3, 0.4) is 0 Å². The van der Waals surface area contributed by atoms with Crippen molar-refractivity contribution in [3.63, 3.8) is 0 Å². The van der Waals surface area contributed by atoms with Crippen LogP contribution in [0, 0.1) is 0 Å². The second kappa shape index (κ2) is 11.9. The maximum Gasteiger partial charge on any atom is 0.139 e. The number of rotatable bonds is 3. The number of para-hydroxylation sites is 1. The minimum Gasteiger partial charge on any atom is -0.456 e. The van der Waals surface area contributed by atoms with Gasteiger partial charge in [-0.2, -0.15) is 0 Å². The van der Waals surface area contributed by atoms with Crippen molar-refractivity contribution in [2.45, 2.75) is 0 Å². The van der Waals surface area contributed by atoms with Gasteiger partial charge >= 0.3 is 0 Å². The first-order valence-corrected chi connectivity index (χ1v) is 19.9. The molecule has 0 aliphatic heterocycles. The molecule has 0 bridgehead atoms. The maximum absolute atomic E-state index is 6.74. The average Bonchev–Trinajstić information content (AvgIpc) is 3.84. The summed E-state index contributed by atoms with van der Waals surface area (Å²) in [5.74, 6) is 0. The smallest absolute Gasteiger partial charge is 0.139 e. The Morgan fingerprint density at radius 3 is 1.48 bits per heavy atom. The van der Waals surface area contributed by atoms with E-state index >= 15 is 0 Å². The fraction of sp³-hybridized carbons (Fsp3) is 0. The van der Waals surface area contributed by atoms with Gasteiger partial charge in [-0.15, -0.1) is 0 Å². The van der Waals surface area contributed by atoms with Crippen molar-refractivity contribution < 1.29 is 8.83 Å². The van der Waals surface area contributed by atoms with E-state index in [2.05, 4.69) is 182 Å². The van der Waals surface area contributed by atoms with Gasteiger partial charge < -0.3 is 8.83 Å². The molecular weight excluding hydrogens is 705 g/mol. The van der Waals surface area contributed by atoms with Crippen LogP contribution >= 0.6 is 0 Å². The second-order valence-corrected chi connectivity index (χ2v) is 15.5. The molecule has 13 aromatic rings.